The summed E-state index contributed by atoms with van der Waals surface area (Å²) in [5.74, 6) is 0.297. The van der Waals surface area contributed by atoms with Crippen molar-refractivity contribution >= 4 is 39.1 Å². The Morgan fingerprint density at radius 3 is 2.59 bits per heavy atom. The number of amides is 2. The number of carbonyl (C=O) groups excluding carboxylic acids is 2. The van der Waals surface area contributed by atoms with Gasteiger partial charge in [0.1, 0.15) is 16.4 Å². The molecule has 170 valence electrons. The first-order valence-electron chi connectivity index (χ1n) is 9.95. The molecule has 2 amide bonds. The molecule has 1 saturated heterocycles. The zero-order valence-electron chi connectivity index (χ0n) is 17.5. The van der Waals surface area contributed by atoms with Gasteiger partial charge in [0.2, 0.25) is 10.0 Å². The molecule has 11 heteroatoms. The topological polar surface area (TPSA) is 105 Å². The van der Waals surface area contributed by atoms with E-state index < -0.39 is 16.1 Å². The zero-order chi connectivity index (χ0) is 23.0. The minimum Gasteiger partial charge on any atom is -0.497 e. The number of carbonyl (C=O) groups is 2. The summed E-state index contributed by atoms with van der Waals surface area (Å²) in [7, 11) is -2.40. The second kappa shape index (κ2) is 8.61. The highest BCUT2D eigenvalue weighted by atomic mass is 35.5. The first-order chi connectivity index (χ1) is 15.2. The number of nitrogens with one attached hydrogen (secondary N) is 1. The number of rotatable bonds is 4. The predicted molar refractivity (Wildman–Crippen MR) is 118 cm³/mol. The van der Waals surface area contributed by atoms with Crippen molar-refractivity contribution in [2.75, 3.05) is 38.6 Å². The third-order valence-corrected chi connectivity index (χ3v) is 7.79. The molecule has 2 heterocycles. The van der Waals surface area contributed by atoms with Gasteiger partial charge in [0.25, 0.3) is 11.8 Å². The molecule has 2 aliphatic heterocycles. The maximum absolute atomic E-state index is 13.2. The maximum atomic E-state index is 13.2. The van der Waals surface area contributed by atoms with Gasteiger partial charge in [-0.1, -0.05) is 17.7 Å². The molecule has 2 aromatic rings. The highest BCUT2D eigenvalue weighted by Gasteiger charge is 2.34. The molecular formula is C21H22ClN3O6S. The molecule has 2 aliphatic rings. The molecule has 1 atom stereocenters. The smallest absolute Gasteiger partial charge is 0.265 e. The Hall–Kier alpha value is -2.82. The Morgan fingerprint density at radius 2 is 1.91 bits per heavy atom. The van der Waals surface area contributed by atoms with Crippen LogP contribution in [0.1, 0.15) is 17.3 Å². The van der Waals surface area contributed by atoms with Crippen molar-refractivity contribution < 1.29 is 27.5 Å². The van der Waals surface area contributed by atoms with Crippen molar-refractivity contribution in [3.8, 4) is 11.5 Å². The lowest BCUT2D eigenvalue weighted by Crippen LogP contribution is -2.50. The highest BCUT2D eigenvalue weighted by molar-refractivity contribution is 7.89. The molecular weight excluding hydrogens is 458 g/mol. The summed E-state index contributed by atoms with van der Waals surface area (Å²) in [4.78, 5) is 26.1. The summed E-state index contributed by atoms with van der Waals surface area (Å²) in [5, 5.41) is 2.62. The fourth-order valence-corrected chi connectivity index (χ4v) is 5.55. The van der Waals surface area contributed by atoms with E-state index in [1.165, 1.54) is 23.5 Å². The van der Waals surface area contributed by atoms with Gasteiger partial charge in [-0.15, -0.1) is 0 Å². The molecule has 0 aliphatic carbocycles. The number of nitrogens with zero attached hydrogens (tertiary/aromatic N) is 2. The minimum atomic E-state index is -3.93. The quantitative estimate of drug-likeness (QED) is 0.720. The van der Waals surface area contributed by atoms with Crippen LogP contribution in [0.3, 0.4) is 0 Å². The summed E-state index contributed by atoms with van der Waals surface area (Å²) in [6.07, 6.45) is -0.745. The second-order valence-corrected chi connectivity index (χ2v) is 9.77. The van der Waals surface area contributed by atoms with E-state index in [1.54, 1.807) is 36.1 Å². The van der Waals surface area contributed by atoms with Crippen LogP contribution in [0.2, 0.25) is 5.02 Å². The number of piperazine rings is 1. The molecule has 4 rings (SSSR count). The monoisotopic (exact) mass is 479 g/mol. The van der Waals surface area contributed by atoms with Crippen LogP contribution in [0.25, 0.3) is 0 Å². The summed E-state index contributed by atoms with van der Waals surface area (Å²) in [6.45, 7) is 2.29. The summed E-state index contributed by atoms with van der Waals surface area (Å²) >= 11 is 6.25. The summed E-state index contributed by atoms with van der Waals surface area (Å²) < 4.78 is 38.5. The number of hydrogen-bond donors (Lipinski definition) is 1. The highest BCUT2D eigenvalue weighted by Crippen LogP contribution is 2.38. The van der Waals surface area contributed by atoms with Crippen LogP contribution in [0.4, 0.5) is 5.69 Å². The van der Waals surface area contributed by atoms with Gasteiger partial charge in [-0.25, -0.2) is 8.42 Å². The Bertz CT molecular complexity index is 1180. The van der Waals surface area contributed by atoms with Gasteiger partial charge in [0, 0.05) is 37.8 Å². The molecule has 0 saturated carbocycles. The predicted octanol–water partition coefficient (Wildman–Crippen LogP) is 2.21. The van der Waals surface area contributed by atoms with Crippen LogP contribution in [0, 0.1) is 0 Å². The third kappa shape index (κ3) is 4.13. The molecule has 1 fully saturated rings. The van der Waals surface area contributed by atoms with Gasteiger partial charge >= 0.3 is 0 Å². The van der Waals surface area contributed by atoms with Crippen molar-refractivity contribution in [2.24, 2.45) is 0 Å². The Labute approximate surface area is 190 Å². The van der Waals surface area contributed by atoms with E-state index in [-0.39, 0.29) is 53.7 Å². The maximum Gasteiger partial charge on any atom is 0.265 e. The van der Waals surface area contributed by atoms with Crippen LogP contribution < -0.4 is 14.8 Å². The van der Waals surface area contributed by atoms with E-state index in [0.29, 0.717) is 17.0 Å². The van der Waals surface area contributed by atoms with Gasteiger partial charge in [-0.05, 0) is 31.2 Å². The van der Waals surface area contributed by atoms with Crippen molar-refractivity contribution in [3.05, 3.63) is 47.0 Å². The Balaban J connectivity index is 1.50. The number of fused-ring (bicyclic) bond motifs is 1. The van der Waals surface area contributed by atoms with Crippen molar-refractivity contribution in [1.82, 2.24) is 9.21 Å². The van der Waals surface area contributed by atoms with E-state index in [4.69, 9.17) is 21.1 Å². The molecule has 0 spiro atoms. The molecule has 0 aromatic heterocycles. The number of ether oxygens (including phenoxy) is 2. The van der Waals surface area contributed by atoms with Gasteiger partial charge < -0.3 is 19.7 Å². The van der Waals surface area contributed by atoms with Crippen LogP contribution >= 0.6 is 11.6 Å². The molecule has 1 N–H and O–H groups in total. The molecule has 9 nitrogen and oxygen atoms in total. The van der Waals surface area contributed by atoms with E-state index in [0.717, 1.165) is 0 Å². The normalized spacial score (nSPS) is 19.0. The van der Waals surface area contributed by atoms with Gasteiger partial charge in [0.15, 0.2) is 6.10 Å². The van der Waals surface area contributed by atoms with Crippen LogP contribution in [0.5, 0.6) is 11.5 Å². The fraction of sp³-hybridized carbons (Fsp3) is 0.333. The van der Waals surface area contributed by atoms with Gasteiger partial charge in [-0.3, -0.25) is 9.59 Å². The van der Waals surface area contributed by atoms with Crippen LogP contribution in [-0.4, -0.2) is 68.8 Å². The first-order valence-corrected chi connectivity index (χ1v) is 11.8. The van der Waals surface area contributed by atoms with E-state index in [1.807, 2.05) is 0 Å². The molecule has 32 heavy (non-hydrogen) atoms. The van der Waals surface area contributed by atoms with Crippen molar-refractivity contribution in [3.63, 3.8) is 0 Å². The number of methoxy groups -OCH3 is 1. The van der Waals surface area contributed by atoms with E-state index in [2.05, 4.69) is 5.32 Å². The number of anilines is 1. The standard InChI is InChI=1S/C21H22ClN3O6S/c1-13-20(26)23-17-11-16(22)19(12-18(17)31-13)32(28,29)25-8-6-24(7-9-25)21(27)14-4-3-5-15(10-14)30-2/h3-5,10-13H,6-9H2,1-2H3,(H,23,26)/t13-/m0/s1. The number of benzene rings is 2. The van der Waals surface area contributed by atoms with Gasteiger partial charge in [0.05, 0.1) is 17.8 Å². The second-order valence-electron chi connectivity index (χ2n) is 7.46. The summed E-state index contributed by atoms with van der Waals surface area (Å²) in [6, 6.07) is 9.53. The molecule has 0 unspecified atom stereocenters. The SMILES string of the molecule is COc1cccc(C(=O)N2CCN(S(=O)(=O)c3cc4c(cc3Cl)NC(=O)[C@H](C)O4)CC2)c1. The van der Waals surface area contributed by atoms with E-state index >= 15 is 0 Å². The molecule has 0 radical (unpaired) electrons. The average Bonchev–Trinajstić information content (AvgIpc) is 2.79. The zero-order valence-corrected chi connectivity index (χ0v) is 19.1. The first kappa shape index (κ1) is 22.4. The largest absolute Gasteiger partial charge is 0.497 e. The fourth-order valence-electron chi connectivity index (χ4n) is 3.62. The Kier molecular flexibility index (Phi) is 6.02. The minimum absolute atomic E-state index is 0.0166. The average molecular weight is 480 g/mol. The van der Waals surface area contributed by atoms with Crippen molar-refractivity contribution in [1.29, 1.82) is 0 Å². The Morgan fingerprint density at radius 1 is 1.19 bits per heavy atom. The number of sulfonamides is 1. The van der Waals surface area contributed by atoms with Crippen molar-refractivity contribution in [2.45, 2.75) is 17.9 Å². The van der Waals surface area contributed by atoms with Crippen LogP contribution in [0.15, 0.2) is 41.3 Å². The molecule has 0 bridgehead atoms. The van der Waals surface area contributed by atoms with E-state index in [9.17, 15) is 18.0 Å². The van der Waals surface area contributed by atoms with Crippen LogP contribution in [-0.2, 0) is 14.8 Å². The summed E-state index contributed by atoms with van der Waals surface area (Å²) in [5.41, 5.74) is 0.803. The van der Waals surface area contributed by atoms with Gasteiger partial charge in [-0.2, -0.15) is 4.31 Å². The lowest BCUT2D eigenvalue weighted by molar-refractivity contribution is -0.122. The number of hydrogen-bond acceptors (Lipinski definition) is 6. The lowest BCUT2D eigenvalue weighted by atomic mass is 10.1. The molecule has 2 aromatic carbocycles. The third-order valence-electron chi connectivity index (χ3n) is 5.43. The number of halogens is 1. The lowest BCUT2D eigenvalue weighted by Gasteiger charge is -2.34.